The highest BCUT2D eigenvalue weighted by Crippen LogP contribution is 2.34. The van der Waals surface area contributed by atoms with Gasteiger partial charge in [0.05, 0.1) is 6.61 Å². The Bertz CT molecular complexity index is 944. The van der Waals surface area contributed by atoms with Crippen LogP contribution in [0.5, 0.6) is 5.75 Å². The molecular formula is C23H34N2O5S. The summed E-state index contributed by atoms with van der Waals surface area (Å²) in [7, 11) is 0.0374. The number of ether oxygens (including phenoxy) is 1. The number of hydrogen-bond acceptors (Lipinski definition) is 6. The lowest BCUT2D eigenvalue weighted by Gasteiger charge is -2.37. The lowest BCUT2D eigenvalue weighted by Crippen LogP contribution is -2.49. The molecule has 3 atom stereocenters. The standard InChI is InChI=1S/C23H34N2O5S/c1-17-14-25(18(2)16-26)31(28,29)22-8-7-19(9-12-23(27)10-5-6-11-23)13-20(22)30-21(17)15-24(3)4/h7-8,13,17-18,21,26-27H,5-6,10-11,14-16H2,1-4H3/t17-,18+,21-/m1/s1. The van der Waals surface area contributed by atoms with E-state index in [9.17, 15) is 18.6 Å². The van der Waals surface area contributed by atoms with Gasteiger partial charge in [-0.1, -0.05) is 18.8 Å². The van der Waals surface area contributed by atoms with Crippen molar-refractivity contribution in [3.8, 4) is 17.6 Å². The van der Waals surface area contributed by atoms with Crippen molar-refractivity contribution in [2.75, 3.05) is 33.8 Å². The van der Waals surface area contributed by atoms with Crippen molar-refractivity contribution in [3.05, 3.63) is 23.8 Å². The first-order chi connectivity index (χ1) is 14.6. The molecule has 0 saturated heterocycles. The van der Waals surface area contributed by atoms with Crippen molar-refractivity contribution in [2.45, 2.75) is 62.2 Å². The van der Waals surface area contributed by atoms with E-state index in [-0.39, 0.29) is 35.8 Å². The molecule has 1 saturated carbocycles. The summed E-state index contributed by atoms with van der Waals surface area (Å²) in [5.41, 5.74) is -0.361. The summed E-state index contributed by atoms with van der Waals surface area (Å²) < 4.78 is 34.5. The quantitative estimate of drug-likeness (QED) is 0.679. The lowest BCUT2D eigenvalue weighted by molar-refractivity contribution is 0.0812. The number of hydrogen-bond donors (Lipinski definition) is 2. The third-order valence-electron chi connectivity index (χ3n) is 6.08. The Hall–Kier alpha value is -1.63. The summed E-state index contributed by atoms with van der Waals surface area (Å²) in [5, 5.41) is 20.2. The number of fused-ring (bicyclic) bond motifs is 1. The van der Waals surface area contributed by atoms with E-state index in [1.54, 1.807) is 19.1 Å². The molecule has 0 aromatic heterocycles. The molecule has 1 aliphatic carbocycles. The number of aliphatic hydroxyl groups excluding tert-OH is 1. The highest BCUT2D eigenvalue weighted by molar-refractivity contribution is 7.89. The molecule has 1 aromatic carbocycles. The van der Waals surface area contributed by atoms with Crippen LogP contribution in [0.3, 0.4) is 0 Å². The lowest BCUT2D eigenvalue weighted by atomic mass is 10.0. The van der Waals surface area contributed by atoms with Crippen LogP contribution < -0.4 is 4.74 Å². The first-order valence-corrected chi connectivity index (χ1v) is 12.3. The molecule has 172 valence electrons. The summed E-state index contributed by atoms with van der Waals surface area (Å²) >= 11 is 0. The molecule has 7 nitrogen and oxygen atoms in total. The predicted octanol–water partition coefficient (Wildman–Crippen LogP) is 1.67. The molecular weight excluding hydrogens is 416 g/mol. The molecule has 1 heterocycles. The van der Waals surface area contributed by atoms with E-state index >= 15 is 0 Å². The van der Waals surface area contributed by atoms with Crippen molar-refractivity contribution in [1.29, 1.82) is 0 Å². The van der Waals surface area contributed by atoms with Crippen LogP contribution in [-0.2, 0) is 10.0 Å². The molecule has 0 radical (unpaired) electrons. The van der Waals surface area contributed by atoms with Crippen LogP contribution >= 0.6 is 0 Å². The molecule has 0 amide bonds. The highest BCUT2D eigenvalue weighted by atomic mass is 32.2. The van der Waals surface area contributed by atoms with Gasteiger partial charge in [0.15, 0.2) is 0 Å². The summed E-state index contributed by atoms with van der Waals surface area (Å²) in [4.78, 5) is 2.09. The van der Waals surface area contributed by atoms with E-state index in [1.165, 1.54) is 10.4 Å². The van der Waals surface area contributed by atoms with Crippen molar-refractivity contribution in [2.24, 2.45) is 5.92 Å². The van der Waals surface area contributed by atoms with E-state index in [1.807, 2.05) is 25.9 Å². The molecule has 2 aliphatic rings. The second-order valence-electron chi connectivity index (χ2n) is 9.15. The number of sulfonamides is 1. The van der Waals surface area contributed by atoms with Crippen molar-refractivity contribution < 1.29 is 23.4 Å². The van der Waals surface area contributed by atoms with E-state index in [0.29, 0.717) is 24.9 Å². The Kier molecular flexibility index (Phi) is 7.34. The maximum atomic E-state index is 13.4. The average molecular weight is 451 g/mol. The smallest absolute Gasteiger partial charge is 0.247 e. The van der Waals surface area contributed by atoms with Gasteiger partial charge in [-0.05, 0) is 64.9 Å². The first-order valence-electron chi connectivity index (χ1n) is 10.9. The third kappa shape index (κ3) is 5.41. The second kappa shape index (κ2) is 9.47. The molecule has 1 aliphatic heterocycles. The summed E-state index contributed by atoms with van der Waals surface area (Å²) in [6.45, 7) is 4.29. The van der Waals surface area contributed by atoms with Crippen LogP contribution in [0, 0.1) is 17.8 Å². The van der Waals surface area contributed by atoms with E-state index in [4.69, 9.17) is 4.74 Å². The minimum absolute atomic E-state index is 0.0774. The van der Waals surface area contributed by atoms with Gasteiger partial charge in [0.2, 0.25) is 10.0 Å². The third-order valence-corrected chi connectivity index (χ3v) is 8.10. The van der Waals surface area contributed by atoms with Crippen molar-refractivity contribution in [1.82, 2.24) is 9.21 Å². The van der Waals surface area contributed by atoms with Crippen LogP contribution in [0.2, 0.25) is 0 Å². The molecule has 8 heteroatoms. The fourth-order valence-corrected chi connectivity index (χ4v) is 5.98. The van der Waals surface area contributed by atoms with Gasteiger partial charge < -0.3 is 19.8 Å². The number of benzene rings is 1. The fraction of sp³-hybridized carbons (Fsp3) is 0.652. The molecule has 31 heavy (non-hydrogen) atoms. The molecule has 0 spiro atoms. The number of likely N-dealkylation sites (N-methyl/N-ethyl adjacent to an activating group) is 1. The number of nitrogens with zero attached hydrogens (tertiary/aromatic N) is 2. The minimum Gasteiger partial charge on any atom is -0.487 e. The van der Waals surface area contributed by atoms with Crippen LogP contribution in [0.25, 0.3) is 0 Å². The molecule has 1 aromatic rings. The number of aliphatic hydroxyl groups is 2. The fourth-order valence-electron chi connectivity index (χ4n) is 4.15. The van der Waals surface area contributed by atoms with Gasteiger partial charge in [-0.25, -0.2) is 8.42 Å². The zero-order chi connectivity index (χ0) is 22.8. The number of rotatable bonds is 4. The largest absolute Gasteiger partial charge is 0.487 e. The van der Waals surface area contributed by atoms with Crippen molar-refractivity contribution >= 4 is 10.0 Å². The van der Waals surface area contributed by atoms with Gasteiger partial charge in [0.1, 0.15) is 22.4 Å². The zero-order valence-electron chi connectivity index (χ0n) is 18.8. The summed E-state index contributed by atoms with van der Waals surface area (Å²) in [6, 6.07) is 4.28. The van der Waals surface area contributed by atoms with E-state index in [0.717, 1.165) is 12.8 Å². The van der Waals surface area contributed by atoms with E-state index < -0.39 is 21.7 Å². The summed E-state index contributed by atoms with van der Waals surface area (Å²) in [5.74, 6) is 6.15. The van der Waals surface area contributed by atoms with Gasteiger partial charge in [0.25, 0.3) is 0 Å². The second-order valence-corrected chi connectivity index (χ2v) is 11.0. The molecule has 0 bridgehead atoms. The Balaban J connectivity index is 2.06. The van der Waals surface area contributed by atoms with Crippen LogP contribution in [-0.4, -0.2) is 79.4 Å². The molecule has 3 rings (SSSR count). The van der Waals surface area contributed by atoms with Gasteiger partial charge >= 0.3 is 0 Å². The van der Waals surface area contributed by atoms with E-state index in [2.05, 4.69) is 11.8 Å². The van der Waals surface area contributed by atoms with Gasteiger partial charge in [0, 0.05) is 30.6 Å². The zero-order valence-corrected chi connectivity index (χ0v) is 19.7. The maximum Gasteiger partial charge on any atom is 0.247 e. The van der Waals surface area contributed by atoms with Crippen LogP contribution in [0.15, 0.2) is 23.1 Å². The normalized spacial score (nSPS) is 26.2. The molecule has 1 fully saturated rings. The average Bonchev–Trinajstić information content (AvgIpc) is 3.15. The van der Waals surface area contributed by atoms with Gasteiger partial charge in [-0.2, -0.15) is 4.31 Å². The van der Waals surface area contributed by atoms with Crippen molar-refractivity contribution in [3.63, 3.8) is 0 Å². The molecule has 0 unspecified atom stereocenters. The Morgan fingerprint density at radius 3 is 2.61 bits per heavy atom. The van der Waals surface area contributed by atoms with Crippen LogP contribution in [0.4, 0.5) is 0 Å². The Morgan fingerprint density at radius 2 is 2.00 bits per heavy atom. The monoisotopic (exact) mass is 450 g/mol. The summed E-state index contributed by atoms with van der Waals surface area (Å²) in [6.07, 6.45) is 3.00. The molecule has 2 N–H and O–H groups in total. The highest BCUT2D eigenvalue weighted by Gasteiger charge is 2.38. The topological polar surface area (TPSA) is 90.3 Å². The van der Waals surface area contributed by atoms with Gasteiger partial charge in [-0.15, -0.1) is 0 Å². The minimum atomic E-state index is -3.86. The maximum absolute atomic E-state index is 13.4. The Morgan fingerprint density at radius 1 is 1.32 bits per heavy atom. The Labute approximate surface area is 186 Å². The first kappa shape index (κ1) is 24.0. The predicted molar refractivity (Wildman–Crippen MR) is 119 cm³/mol. The SMILES string of the molecule is C[C@@H]1CN([C@@H](C)CO)S(=O)(=O)c2ccc(C#CC3(O)CCCC3)cc2O[C@@H]1CN(C)C. The van der Waals surface area contributed by atoms with Gasteiger partial charge in [-0.3, -0.25) is 0 Å². The van der Waals surface area contributed by atoms with Crippen LogP contribution in [0.1, 0.15) is 45.1 Å².